The van der Waals surface area contributed by atoms with Gasteiger partial charge in [0.15, 0.2) is 0 Å². The van der Waals surface area contributed by atoms with Crippen LogP contribution in [0.3, 0.4) is 0 Å². The molecule has 0 spiro atoms. The SMILES string of the molecule is COCc1c(C(=O)Nc2cccc(C(C)C)c2)sc2cccc(F)c12. The lowest BCUT2D eigenvalue weighted by Crippen LogP contribution is -2.12. The average molecular weight is 357 g/mol. The van der Waals surface area contributed by atoms with E-state index < -0.39 is 0 Å². The number of amides is 1. The summed E-state index contributed by atoms with van der Waals surface area (Å²) >= 11 is 1.28. The molecule has 25 heavy (non-hydrogen) atoms. The Hall–Kier alpha value is -2.24. The van der Waals surface area contributed by atoms with E-state index in [4.69, 9.17) is 4.74 Å². The fourth-order valence-electron chi connectivity index (χ4n) is 2.80. The quantitative estimate of drug-likeness (QED) is 0.649. The first kappa shape index (κ1) is 17.6. The first-order valence-corrected chi connectivity index (χ1v) is 8.93. The zero-order valence-corrected chi connectivity index (χ0v) is 15.2. The third kappa shape index (κ3) is 3.57. The molecule has 3 nitrogen and oxygen atoms in total. The minimum Gasteiger partial charge on any atom is -0.380 e. The Morgan fingerprint density at radius 3 is 2.72 bits per heavy atom. The lowest BCUT2D eigenvalue weighted by molar-refractivity contribution is 0.102. The molecule has 1 aromatic heterocycles. The van der Waals surface area contributed by atoms with Gasteiger partial charge in [0, 0.05) is 28.4 Å². The summed E-state index contributed by atoms with van der Waals surface area (Å²) in [5.74, 6) is -0.200. The molecule has 3 rings (SSSR count). The van der Waals surface area contributed by atoms with Gasteiger partial charge in [-0.25, -0.2) is 4.39 Å². The summed E-state index contributed by atoms with van der Waals surface area (Å²) in [7, 11) is 1.54. The van der Waals surface area contributed by atoms with E-state index in [9.17, 15) is 9.18 Å². The number of methoxy groups -OCH3 is 1. The van der Waals surface area contributed by atoms with Crippen LogP contribution in [0.15, 0.2) is 42.5 Å². The predicted molar refractivity (Wildman–Crippen MR) is 101 cm³/mol. The molecular formula is C20H20FNO2S. The number of fused-ring (bicyclic) bond motifs is 1. The third-order valence-electron chi connectivity index (χ3n) is 4.07. The summed E-state index contributed by atoms with van der Waals surface area (Å²) in [6.07, 6.45) is 0. The van der Waals surface area contributed by atoms with Crippen LogP contribution >= 0.6 is 11.3 Å². The van der Waals surface area contributed by atoms with E-state index in [1.807, 2.05) is 30.3 Å². The molecule has 2 aromatic carbocycles. The number of benzene rings is 2. The van der Waals surface area contributed by atoms with Gasteiger partial charge in [0.1, 0.15) is 5.82 Å². The molecule has 0 aliphatic heterocycles. The first-order chi connectivity index (χ1) is 12.0. The molecule has 0 unspecified atom stereocenters. The molecule has 5 heteroatoms. The smallest absolute Gasteiger partial charge is 0.266 e. The largest absolute Gasteiger partial charge is 0.380 e. The standard InChI is InChI=1S/C20H20FNO2S/c1-12(2)13-6-4-7-14(10-13)22-20(23)19-15(11-24-3)18-16(21)8-5-9-17(18)25-19/h4-10,12H,11H2,1-3H3,(H,22,23). The minimum absolute atomic E-state index is 0.190. The van der Waals surface area contributed by atoms with Crippen molar-refractivity contribution in [3.05, 3.63) is 64.3 Å². The van der Waals surface area contributed by atoms with Crippen LogP contribution in [-0.2, 0) is 11.3 Å². The van der Waals surface area contributed by atoms with Crippen molar-refractivity contribution < 1.29 is 13.9 Å². The van der Waals surface area contributed by atoms with Gasteiger partial charge in [-0.1, -0.05) is 32.0 Å². The number of carbonyl (C=O) groups is 1. The summed E-state index contributed by atoms with van der Waals surface area (Å²) in [5.41, 5.74) is 2.48. The number of halogens is 1. The third-order valence-corrected chi connectivity index (χ3v) is 5.27. The lowest BCUT2D eigenvalue weighted by atomic mass is 10.0. The van der Waals surface area contributed by atoms with E-state index in [1.54, 1.807) is 6.07 Å². The van der Waals surface area contributed by atoms with Crippen LogP contribution in [0.4, 0.5) is 10.1 Å². The van der Waals surface area contributed by atoms with E-state index >= 15 is 0 Å². The van der Waals surface area contributed by atoms with Gasteiger partial charge in [-0.2, -0.15) is 0 Å². The topological polar surface area (TPSA) is 38.3 Å². The van der Waals surface area contributed by atoms with Gasteiger partial charge >= 0.3 is 0 Å². The van der Waals surface area contributed by atoms with Crippen molar-refractivity contribution in [2.24, 2.45) is 0 Å². The van der Waals surface area contributed by atoms with Gasteiger partial charge in [0.2, 0.25) is 0 Å². The Kier molecular flexibility index (Phi) is 5.16. The number of anilines is 1. The monoisotopic (exact) mass is 357 g/mol. The number of ether oxygens (including phenoxy) is 1. The second kappa shape index (κ2) is 7.33. The number of hydrogen-bond donors (Lipinski definition) is 1. The number of hydrogen-bond acceptors (Lipinski definition) is 3. The highest BCUT2D eigenvalue weighted by molar-refractivity contribution is 7.21. The molecule has 0 radical (unpaired) electrons. The van der Waals surface area contributed by atoms with Crippen LogP contribution in [0.1, 0.15) is 40.6 Å². The van der Waals surface area contributed by atoms with Crippen molar-refractivity contribution >= 4 is 33.0 Å². The van der Waals surface area contributed by atoms with Crippen molar-refractivity contribution in [3.63, 3.8) is 0 Å². The molecule has 1 N–H and O–H groups in total. The van der Waals surface area contributed by atoms with Crippen molar-refractivity contribution in [1.82, 2.24) is 0 Å². The highest BCUT2D eigenvalue weighted by Crippen LogP contribution is 2.34. The van der Waals surface area contributed by atoms with E-state index in [1.165, 1.54) is 24.5 Å². The van der Waals surface area contributed by atoms with E-state index in [-0.39, 0.29) is 18.3 Å². The fraction of sp³-hybridized carbons (Fsp3) is 0.250. The number of rotatable bonds is 5. The van der Waals surface area contributed by atoms with Gasteiger partial charge < -0.3 is 10.1 Å². The van der Waals surface area contributed by atoms with Gasteiger partial charge in [0.05, 0.1) is 11.5 Å². The van der Waals surface area contributed by atoms with E-state index in [0.29, 0.717) is 21.7 Å². The van der Waals surface area contributed by atoms with Crippen LogP contribution in [0.25, 0.3) is 10.1 Å². The van der Waals surface area contributed by atoms with Crippen molar-refractivity contribution in [3.8, 4) is 0 Å². The highest BCUT2D eigenvalue weighted by atomic mass is 32.1. The van der Waals surface area contributed by atoms with E-state index in [0.717, 1.165) is 16.0 Å². The van der Waals surface area contributed by atoms with Gasteiger partial charge in [0.25, 0.3) is 5.91 Å². The Bertz CT molecular complexity index is 917. The van der Waals surface area contributed by atoms with E-state index in [2.05, 4.69) is 19.2 Å². The molecule has 0 saturated carbocycles. The Balaban J connectivity index is 1.98. The number of carbonyl (C=O) groups excluding carboxylic acids is 1. The van der Waals surface area contributed by atoms with Crippen molar-refractivity contribution in [2.45, 2.75) is 26.4 Å². The highest BCUT2D eigenvalue weighted by Gasteiger charge is 2.20. The molecule has 0 atom stereocenters. The Morgan fingerprint density at radius 2 is 2.00 bits per heavy atom. The molecule has 1 heterocycles. The normalized spacial score (nSPS) is 11.2. The molecule has 3 aromatic rings. The number of thiophene rings is 1. The maximum absolute atomic E-state index is 14.2. The molecule has 0 aliphatic rings. The molecular weight excluding hydrogens is 337 g/mol. The Labute approximate surface area is 150 Å². The zero-order valence-electron chi connectivity index (χ0n) is 14.4. The minimum atomic E-state index is -0.332. The van der Waals surface area contributed by atoms with Crippen LogP contribution in [-0.4, -0.2) is 13.0 Å². The first-order valence-electron chi connectivity index (χ1n) is 8.11. The summed E-state index contributed by atoms with van der Waals surface area (Å²) in [6.45, 7) is 4.40. The van der Waals surface area contributed by atoms with Gasteiger partial charge in [-0.15, -0.1) is 11.3 Å². The number of nitrogens with one attached hydrogen (secondary N) is 1. The maximum Gasteiger partial charge on any atom is 0.266 e. The molecule has 0 aliphatic carbocycles. The van der Waals surface area contributed by atoms with Gasteiger partial charge in [-0.05, 0) is 35.7 Å². The van der Waals surface area contributed by atoms with Crippen LogP contribution < -0.4 is 5.32 Å². The zero-order chi connectivity index (χ0) is 18.0. The second-order valence-corrected chi connectivity index (χ2v) is 7.24. The molecule has 130 valence electrons. The lowest BCUT2D eigenvalue weighted by Gasteiger charge is -2.10. The van der Waals surface area contributed by atoms with Crippen LogP contribution in [0.5, 0.6) is 0 Å². The maximum atomic E-state index is 14.2. The molecule has 0 saturated heterocycles. The fourth-order valence-corrected chi connectivity index (χ4v) is 3.91. The second-order valence-electron chi connectivity index (χ2n) is 6.19. The van der Waals surface area contributed by atoms with Gasteiger partial charge in [-0.3, -0.25) is 4.79 Å². The molecule has 1 amide bonds. The molecule has 0 fully saturated rings. The molecule has 0 bridgehead atoms. The predicted octanol–water partition coefficient (Wildman–Crippen LogP) is 5.56. The average Bonchev–Trinajstić information content (AvgIpc) is 2.95. The van der Waals surface area contributed by atoms with Crippen molar-refractivity contribution in [1.29, 1.82) is 0 Å². The Morgan fingerprint density at radius 1 is 1.24 bits per heavy atom. The van der Waals surface area contributed by atoms with Crippen molar-refractivity contribution in [2.75, 3.05) is 12.4 Å². The van der Waals surface area contributed by atoms with Crippen LogP contribution in [0, 0.1) is 5.82 Å². The summed E-state index contributed by atoms with van der Waals surface area (Å²) in [5, 5.41) is 3.39. The summed E-state index contributed by atoms with van der Waals surface area (Å²) < 4.78 is 20.2. The summed E-state index contributed by atoms with van der Waals surface area (Å²) in [4.78, 5) is 13.3. The summed E-state index contributed by atoms with van der Waals surface area (Å²) in [6, 6.07) is 12.6. The van der Waals surface area contributed by atoms with Crippen LogP contribution in [0.2, 0.25) is 0 Å².